The quantitative estimate of drug-likeness (QED) is 0.715. The van der Waals surface area contributed by atoms with Crippen molar-refractivity contribution in [3.8, 4) is 0 Å². The molecule has 2 rings (SSSR count). The molecule has 0 saturated heterocycles. The molecule has 94 valence electrons. The van der Waals surface area contributed by atoms with Gasteiger partial charge in [0.2, 0.25) is 0 Å². The minimum Gasteiger partial charge on any atom is -0.314 e. The van der Waals surface area contributed by atoms with E-state index < -0.39 is 0 Å². The normalized spacial score (nSPS) is 30.2. The van der Waals surface area contributed by atoms with Crippen LogP contribution in [0.15, 0.2) is 0 Å². The van der Waals surface area contributed by atoms with Gasteiger partial charge in [-0.1, -0.05) is 20.3 Å². The van der Waals surface area contributed by atoms with Crippen LogP contribution in [0, 0.1) is 11.8 Å². The highest BCUT2D eigenvalue weighted by molar-refractivity contribution is 4.86. The zero-order valence-corrected chi connectivity index (χ0v) is 11.0. The first-order chi connectivity index (χ1) is 7.83. The fourth-order valence-corrected chi connectivity index (χ4v) is 3.12. The number of rotatable bonds is 7. The van der Waals surface area contributed by atoms with Crippen molar-refractivity contribution in [1.29, 1.82) is 0 Å². The van der Waals surface area contributed by atoms with E-state index in [9.17, 15) is 0 Å². The number of nitrogens with one attached hydrogen (secondary N) is 1. The summed E-state index contributed by atoms with van der Waals surface area (Å²) < 4.78 is 0. The van der Waals surface area contributed by atoms with Gasteiger partial charge in [0.05, 0.1) is 0 Å². The Morgan fingerprint density at radius 2 is 1.88 bits per heavy atom. The van der Waals surface area contributed by atoms with Crippen molar-refractivity contribution in [2.45, 2.75) is 52.0 Å². The van der Waals surface area contributed by atoms with Crippen LogP contribution in [0.3, 0.4) is 0 Å². The standard InChI is InChI=1S/C14H28N2/c1-3-15-14-7-5-6-13(14)11-16(4-2)10-12-8-9-12/h12-15H,3-11H2,1-2H3. The minimum atomic E-state index is 0.804. The summed E-state index contributed by atoms with van der Waals surface area (Å²) in [7, 11) is 0. The van der Waals surface area contributed by atoms with Crippen molar-refractivity contribution >= 4 is 0 Å². The van der Waals surface area contributed by atoms with Crippen LogP contribution in [-0.2, 0) is 0 Å². The van der Waals surface area contributed by atoms with E-state index in [4.69, 9.17) is 0 Å². The van der Waals surface area contributed by atoms with Crippen LogP contribution < -0.4 is 5.32 Å². The van der Waals surface area contributed by atoms with E-state index in [0.717, 1.165) is 24.4 Å². The van der Waals surface area contributed by atoms with Gasteiger partial charge < -0.3 is 10.2 Å². The minimum absolute atomic E-state index is 0.804. The summed E-state index contributed by atoms with van der Waals surface area (Å²) in [5.74, 6) is 1.96. The molecule has 2 aliphatic rings. The van der Waals surface area contributed by atoms with Crippen LogP contribution in [0.4, 0.5) is 0 Å². The molecule has 2 aliphatic carbocycles. The van der Waals surface area contributed by atoms with Crippen molar-refractivity contribution in [3.63, 3.8) is 0 Å². The van der Waals surface area contributed by atoms with Crippen molar-refractivity contribution in [2.75, 3.05) is 26.2 Å². The third kappa shape index (κ3) is 3.46. The molecule has 0 aromatic rings. The first kappa shape index (κ1) is 12.4. The third-order valence-electron chi connectivity index (χ3n) is 4.28. The molecule has 0 aromatic heterocycles. The van der Waals surface area contributed by atoms with Crippen molar-refractivity contribution in [3.05, 3.63) is 0 Å². The molecule has 2 unspecified atom stereocenters. The van der Waals surface area contributed by atoms with Gasteiger partial charge >= 0.3 is 0 Å². The molecule has 0 aliphatic heterocycles. The summed E-state index contributed by atoms with van der Waals surface area (Å²) in [6.45, 7) is 9.63. The van der Waals surface area contributed by atoms with Crippen molar-refractivity contribution in [2.24, 2.45) is 11.8 Å². The van der Waals surface area contributed by atoms with Crippen molar-refractivity contribution < 1.29 is 0 Å². The molecule has 2 fully saturated rings. The highest BCUT2D eigenvalue weighted by atomic mass is 15.1. The molecule has 2 saturated carbocycles. The summed E-state index contributed by atoms with van der Waals surface area (Å²) in [6, 6.07) is 0.804. The average molecular weight is 224 g/mol. The first-order valence-corrected chi connectivity index (χ1v) is 7.29. The molecule has 0 radical (unpaired) electrons. The second kappa shape index (κ2) is 6.02. The number of hydrogen-bond donors (Lipinski definition) is 1. The Morgan fingerprint density at radius 3 is 2.50 bits per heavy atom. The summed E-state index contributed by atoms with van der Waals surface area (Å²) in [4.78, 5) is 2.69. The molecular weight excluding hydrogens is 196 g/mol. The first-order valence-electron chi connectivity index (χ1n) is 7.29. The van der Waals surface area contributed by atoms with Crippen LogP contribution in [0.25, 0.3) is 0 Å². The molecule has 2 nitrogen and oxygen atoms in total. The lowest BCUT2D eigenvalue weighted by atomic mass is 10.0. The SMILES string of the molecule is CCNC1CCCC1CN(CC)CC1CC1. The Balaban J connectivity index is 1.76. The topological polar surface area (TPSA) is 15.3 Å². The zero-order valence-electron chi connectivity index (χ0n) is 11.0. The largest absolute Gasteiger partial charge is 0.314 e. The second-order valence-electron chi connectivity index (χ2n) is 5.65. The smallest absolute Gasteiger partial charge is 0.0107 e. The molecule has 1 N–H and O–H groups in total. The van der Waals surface area contributed by atoms with E-state index in [1.54, 1.807) is 0 Å². The van der Waals surface area contributed by atoms with Gasteiger partial charge in [-0.05, 0) is 50.6 Å². The molecule has 0 spiro atoms. The summed E-state index contributed by atoms with van der Waals surface area (Å²) in [6.07, 6.45) is 7.25. The number of nitrogens with zero attached hydrogens (tertiary/aromatic N) is 1. The van der Waals surface area contributed by atoms with Crippen LogP contribution >= 0.6 is 0 Å². The Hall–Kier alpha value is -0.0800. The van der Waals surface area contributed by atoms with Gasteiger partial charge in [0.15, 0.2) is 0 Å². The molecule has 16 heavy (non-hydrogen) atoms. The number of hydrogen-bond acceptors (Lipinski definition) is 2. The Bertz CT molecular complexity index is 201. The van der Waals surface area contributed by atoms with Crippen molar-refractivity contribution in [1.82, 2.24) is 10.2 Å². The molecule has 0 amide bonds. The Labute approximate surface area is 101 Å². The molecular formula is C14H28N2. The van der Waals surface area contributed by atoms with E-state index >= 15 is 0 Å². The van der Waals surface area contributed by atoms with E-state index in [-0.39, 0.29) is 0 Å². The van der Waals surface area contributed by atoms with Gasteiger partial charge in [-0.25, -0.2) is 0 Å². The van der Waals surface area contributed by atoms with Gasteiger partial charge in [0.25, 0.3) is 0 Å². The highest BCUT2D eigenvalue weighted by Crippen LogP contribution is 2.31. The van der Waals surface area contributed by atoms with Crippen LogP contribution in [0.1, 0.15) is 46.0 Å². The molecule has 2 atom stereocenters. The van der Waals surface area contributed by atoms with Gasteiger partial charge in [-0.2, -0.15) is 0 Å². The van der Waals surface area contributed by atoms with E-state index in [2.05, 4.69) is 24.1 Å². The van der Waals surface area contributed by atoms with Crippen LogP contribution in [0.5, 0.6) is 0 Å². The van der Waals surface area contributed by atoms with Crippen LogP contribution in [0.2, 0.25) is 0 Å². The molecule has 0 bridgehead atoms. The monoisotopic (exact) mass is 224 g/mol. The molecule has 0 heterocycles. The fourth-order valence-electron chi connectivity index (χ4n) is 3.12. The van der Waals surface area contributed by atoms with Gasteiger partial charge in [-0.3, -0.25) is 0 Å². The predicted molar refractivity (Wildman–Crippen MR) is 69.6 cm³/mol. The lowest BCUT2D eigenvalue weighted by molar-refractivity contribution is 0.215. The van der Waals surface area contributed by atoms with Gasteiger partial charge in [0.1, 0.15) is 0 Å². The van der Waals surface area contributed by atoms with Crippen LogP contribution in [-0.4, -0.2) is 37.1 Å². The highest BCUT2D eigenvalue weighted by Gasteiger charge is 2.30. The predicted octanol–water partition coefficient (Wildman–Crippen LogP) is 2.50. The molecule has 2 heteroatoms. The summed E-state index contributed by atoms with van der Waals surface area (Å²) in [5.41, 5.74) is 0. The third-order valence-corrected chi connectivity index (χ3v) is 4.28. The van der Waals surface area contributed by atoms with E-state index in [1.807, 2.05) is 0 Å². The second-order valence-corrected chi connectivity index (χ2v) is 5.65. The van der Waals surface area contributed by atoms with E-state index in [1.165, 1.54) is 51.7 Å². The van der Waals surface area contributed by atoms with Gasteiger partial charge in [0, 0.05) is 19.1 Å². The lowest BCUT2D eigenvalue weighted by Gasteiger charge is -2.28. The van der Waals surface area contributed by atoms with E-state index in [0.29, 0.717) is 0 Å². The Morgan fingerprint density at radius 1 is 1.06 bits per heavy atom. The zero-order chi connectivity index (χ0) is 11.4. The fraction of sp³-hybridized carbons (Fsp3) is 1.00. The summed E-state index contributed by atoms with van der Waals surface area (Å²) >= 11 is 0. The summed E-state index contributed by atoms with van der Waals surface area (Å²) in [5, 5.41) is 3.67. The maximum Gasteiger partial charge on any atom is 0.0107 e. The molecule has 0 aromatic carbocycles. The van der Waals surface area contributed by atoms with Gasteiger partial charge in [-0.15, -0.1) is 0 Å². The maximum atomic E-state index is 3.67. The lowest BCUT2D eigenvalue weighted by Crippen LogP contribution is -2.40. The average Bonchev–Trinajstić information content (AvgIpc) is 3.00. The Kier molecular flexibility index (Phi) is 4.66. The maximum absolute atomic E-state index is 3.67.